The molecule has 0 amide bonds. The van der Waals surface area contributed by atoms with Crippen molar-refractivity contribution in [1.29, 1.82) is 0 Å². The van der Waals surface area contributed by atoms with Crippen LogP contribution in [0.1, 0.15) is 12.0 Å². The molecular weight excluding hydrogens is 152 g/mol. The summed E-state index contributed by atoms with van der Waals surface area (Å²) in [5, 5.41) is 0. The van der Waals surface area contributed by atoms with Gasteiger partial charge in [0.2, 0.25) is 0 Å². The fraction of sp³-hybridized carbons (Fsp3) is 0.300. The average Bonchev–Trinajstić information content (AvgIpc) is 2.15. The molecule has 0 fully saturated rings. The first kappa shape index (κ1) is 8.78. The van der Waals surface area contributed by atoms with Crippen LogP contribution in [0.15, 0.2) is 24.3 Å². The molecule has 0 heterocycles. The Morgan fingerprint density at radius 3 is 2.83 bits per heavy atom. The van der Waals surface area contributed by atoms with Gasteiger partial charge in [0.1, 0.15) is 12.0 Å². The largest absolute Gasteiger partial charge is 0.496 e. The number of para-hydroxylation sites is 1. The number of aryl methyl sites for hydroxylation is 1. The maximum absolute atomic E-state index is 10.1. The van der Waals surface area contributed by atoms with Gasteiger partial charge in [-0.1, -0.05) is 18.2 Å². The van der Waals surface area contributed by atoms with E-state index in [4.69, 9.17) is 4.74 Å². The molecule has 0 aromatic heterocycles. The van der Waals surface area contributed by atoms with Crippen LogP contribution in [0, 0.1) is 0 Å². The van der Waals surface area contributed by atoms with Crippen molar-refractivity contribution in [2.24, 2.45) is 0 Å². The average molecular weight is 164 g/mol. The molecule has 1 aromatic carbocycles. The molecule has 0 saturated heterocycles. The molecule has 0 atom stereocenters. The number of aldehydes is 1. The van der Waals surface area contributed by atoms with Gasteiger partial charge in [-0.15, -0.1) is 0 Å². The van der Waals surface area contributed by atoms with Crippen LogP contribution in [0.25, 0.3) is 0 Å². The van der Waals surface area contributed by atoms with Gasteiger partial charge < -0.3 is 9.53 Å². The Bertz CT molecular complexity index is 256. The van der Waals surface area contributed by atoms with E-state index in [-0.39, 0.29) is 0 Å². The highest BCUT2D eigenvalue weighted by Crippen LogP contribution is 2.17. The molecule has 12 heavy (non-hydrogen) atoms. The van der Waals surface area contributed by atoms with Gasteiger partial charge in [-0.05, 0) is 18.1 Å². The molecule has 0 unspecified atom stereocenters. The van der Waals surface area contributed by atoms with Crippen LogP contribution in [0.3, 0.4) is 0 Å². The zero-order chi connectivity index (χ0) is 8.81. The Balaban J connectivity index is 2.74. The van der Waals surface area contributed by atoms with Crippen molar-refractivity contribution < 1.29 is 9.53 Å². The summed E-state index contributed by atoms with van der Waals surface area (Å²) >= 11 is 0. The van der Waals surface area contributed by atoms with Crippen molar-refractivity contribution in [3.05, 3.63) is 29.8 Å². The topological polar surface area (TPSA) is 26.3 Å². The molecule has 0 bridgehead atoms. The molecule has 1 rings (SSSR count). The minimum atomic E-state index is 0.556. The highest BCUT2D eigenvalue weighted by atomic mass is 16.5. The van der Waals surface area contributed by atoms with E-state index in [0.29, 0.717) is 6.42 Å². The summed E-state index contributed by atoms with van der Waals surface area (Å²) in [5.74, 6) is 0.861. The maximum Gasteiger partial charge on any atom is 0.122 e. The first-order valence-corrected chi connectivity index (χ1v) is 3.94. The Morgan fingerprint density at radius 1 is 1.42 bits per heavy atom. The SMILES string of the molecule is COc1ccccc1CCC=O. The van der Waals surface area contributed by atoms with Gasteiger partial charge >= 0.3 is 0 Å². The van der Waals surface area contributed by atoms with E-state index in [1.807, 2.05) is 24.3 Å². The highest BCUT2D eigenvalue weighted by molar-refractivity contribution is 5.50. The zero-order valence-corrected chi connectivity index (χ0v) is 7.12. The summed E-state index contributed by atoms with van der Waals surface area (Å²) in [5.41, 5.74) is 1.09. The molecule has 2 heteroatoms. The standard InChI is InChI=1S/C10H12O2/c1-12-10-7-3-2-5-9(10)6-4-8-11/h2-3,5,7-8H,4,6H2,1H3. The molecule has 0 aliphatic heterocycles. The third-order valence-electron chi connectivity index (χ3n) is 1.72. The van der Waals surface area contributed by atoms with Crippen molar-refractivity contribution in [2.75, 3.05) is 7.11 Å². The predicted octanol–water partition coefficient (Wildman–Crippen LogP) is 1.83. The van der Waals surface area contributed by atoms with E-state index < -0.39 is 0 Å². The van der Waals surface area contributed by atoms with E-state index in [0.717, 1.165) is 24.0 Å². The number of rotatable bonds is 4. The minimum Gasteiger partial charge on any atom is -0.496 e. The van der Waals surface area contributed by atoms with Crippen LogP contribution < -0.4 is 4.74 Å². The van der Waals surface area contributed by atoms with E-state index in [9.17, 15) is 4.79 Å². The number of benzene rings is 1. The Morgan fingerprint density at radius 2 is 2.17 bits per heavy atom. The second kappa shape index (κ2) is 4.54. The predicted molar refractivity (Wildman–Crippen MR) is 47.4 cm³/mol. The molecule has 0 aliphatic rings. The van der Waals surface area contributed by atoms with Gasteiger partial charge in [-0.3, -0.25) is 0 Å². The molecule has 2 nitrogen and oxygen atoms in total. The molecular formula is C10H12O2. The Hall–Kier alpha value is -1.31. The summed E-state index contributed by atoms with van der Waals surface area (Å²) in [6.45, 7) is 0. The third-order valence-corrected chi connectivity index (χ3v) is 1.72. The Kier molecular flexibility index (Phi) is 3.33. The van der Waals surface area contributed by atoms with E-state index in [1.54, 1.807) is 7.11 Å². The molecule has 0 saturated carbocycles. The maximum atomic E-state index is 10.1. The van der Waals surface area contributed by atoms with Crippen LogP contribution in [0.2, 0.25) is 0 Å². The summed E-state index contributed by atoms with van der Waals surface area (Å²) in [6, 6.07) is 7.74. The van der Waals surface area contributed by atoms with Gasteiger partial charge in [-0.25, -0.2) is 0 Å². The number of carbonyl (C=O) groups is 1. The lowest BCUT2D eigenvalue weighted by Crippen LogP contribution is -1.91. The van der Waals surface area contributed by atoms with E-state index >= 15 is 0 Å². The lowest BCUT2D eigenvalue weighted by Gasteiger charge is -2.05. The van der Waals surface area contributed by atoms with Crippen molar-refractivity contribution >= 4 is 6.29 Å². The Labute approximate surface area is 72.2 Å². The van der Waals surface area contributed by atoms with Gasteiger partial charge in [0, 0.05) is 6.42 Å². The molecule has 64 valence electrons. The first-order chi connectivity index (χ1) is 5.88. The van der Waals surface area contributed by atoms with Crippen LogP contribution in [0.5, 0.6) is 5.75 Å². The highest BCUT2D eigenvalue weighted by Gasteiger charge is 1.99. The van der Waals surface area contributed by atoms with Crippen molar-refractivity contribution in [2.45, 2.75) is 12.8 Å². The van der Waals surface area contributed by atoms with Gasteiger partial charge in [-0.2, -0.15) is 0 Å². The lowest BCUT2D eigenvalue weighted by atomic mass is 10.1. The van der Waals surface area contributed by atoms with E-state index in [1.165, 1.54) is 0 Å². The number of carbonyl (C=O) groups excluding carboxylic acids is 1. The van der Waals surface area contributed by atoms with Crippen LogP contribution in [-0.4, -0.2) is 13.4 Å². The number of methoxy groups -OCH3 is 1. The van der Waals surface area contributed by atoms with Crippen molar-refractivity contribution in [1.82, 2.24) is 0 Å². The van der Waals surface area contributed by atoms with Crippen LogP contribution in [0.4, 0.5) is 0 Å². The molecule has 0 aliphatic carbocycles. The summed E-state index contributed by atoms with van der Waals surface area (Å²) < 4.78 is 5.13. The minimum absolute atomic E-state index is 0.556. The fourth-order valence-electron chi connectivity index (χ4n) is 1.12. The quantitative estimate of drug-likeness (QED) is 0.634. The number of hydrogen-bond acceptors (Lipinski definition) is 2. The number of ether oxygens (including phenoxy) is 1. The summed E-state index contributed by atoms with van der Waals surface area (Å²) in [6.07, 6.45) is 2.24. The normalized spacial score (nSPS) is 9.42. The second-order valence-electron chi connectivity index (χ2n) is 2.52. The third kappa shape index (κ3) is 2.09. The van der Waals surface area contributed by atoms with Crippen LogP contribution in [-0.2, 0) is 11.2 Å². The smallest absolute Gasteiger partial charge is 0.122 e. The molecule has 0 radical (unpaired) electrons. The zero-order valence-electron chi connectivity index (χ0n) is 7.12. The van der Waals surface area contributed by atoms with Gasteiger partial charge in [0.05, 0.1) is 7.11 Å². The van der Waals surface area contributed by atoms with Gasteiger partial charge in [0.15, 0.2) is 0 Å². The molecule has 0 N–H and O–H groups in total. The molecule has 1 aromatic rings. The monoisotopic (exact) mass is 164 g/mol. The lowest BCUT2D eigenvalue weighted by molar-refractivity contribution is -0.107. The van der Waals surface area contributed by atoms with Gasteiger partial charge in [0.25, 0.3) is 0 Å². The fourth-order valence-corrected chi connectivity index (χ4v) is 1.12. The van der Waals surface area contributed by atoms with Crippen molar-refractivity contribution in [3.63, 3.8) is 0 Å². The van der Waals surface area contributed by atoms with Crippen molar-refractivity contribution in [3.8, 4) is 5.75 Å². The second-order valence-corrected chi connectivity index (χ2v) is 2.52. The summed E-state index contributed by atoms with van der Waals surface area (Å²) in [7, 11) is 1.64. The van der Waals surface area contributed by atoms with E-state index in [2.05, 4.69) is 0 Å². The first-order valence-electron chi connectivity index (χ1n) is 3.94. The summed E-state index contributed by atoms with van der Waals surface area (Å²) in [4.78, 5) is 10.1. The molecule has 0 spiro atoms. The number of hydrogen-bond donors (Lipinski definition) is 0. The van der Waals surface area contributed by atoms with Crippen LogP contribution >= 0.6 is 0 Å².